The van der Waals surface area contributed by atoms with Gasteiger partial charge < -0.3 is 15.0 Å². The van der Waals surface area contributed by atoms with Crippen molar-refractivity contribution in [2.45, 2.75) is 19.4 Å². The van der Waals surface area contributed by atoms with E-state index in [1.165, 1.54) is 17.7 Å². The summed E-state index contributed by atoms with van der Waals surface area (Å²) in [6.45, 7) is 4.36. The van der Waals surface area contributed by atoms with Crippen LogP contribution in [0.4, 0.5) is 10.1 Å². The summed E-state index contributed by atoms with van der Waals surface area (Å²) in [5.74, 6) is -0.298. The van der Waals surface area contributed by atoms with Crippen molar-refractivity contribution in [2.75, 3.05) is 31.6 Å². The van der Waals surface area contributed by atoms with Gasteiger partial charge in [-0.05, 0) is 65.6 Å². The van der Waals surface area contributed by atoms with Crippen LogP contribution in [0.25, 0.3) is 22.2 Å². The van der Waals surface area contributed by atoms with Crippen molar-refractivity contribution < 1.29 is 13.9 Å². The Morgan fingerprint density at radius 1 is 0.971 bits per heavy atom. The third-order valence-corrected chi connectivity index (χ3v) is 6.30. The SMILES string of the molecule is O=C(CCc1c(-c2ccc(F)cc2)[nH]c2ccccc12)Nc1ccc(CN2CCOCC2)cc1. The third kappa shape index (κ3) is 5.19. The van der Waals surface area contributed by atoms with Gasteiger partial charge in [0.1, 0.15) is 5.82 Å². The summed E-state index contributed by atoms with van der Waals surface area (Å²) in [5, 5.41) is 4.10. The molecule has 1 aliphatic rings. The predicted octanol–water partition coefficient (Wildman–Crippen LogP) is 5.38. The van der Waals surface area contributed by atoms with Gasteiger partial charge in [-0.2, -0.15) is 0 Å². The van der Waals surface area contributed by atoms with Crippen molar-refractivity contribution in [2.24, 2.45) is 0 Å². The first kappa shape index (κ1) is 22.3. The van der Waals surface area contributed by atoms with Crippen molar-refractivity contribution in [3.05, 3.63) is 89.7 Å². The molecule has 2 heterocycles. The van der Waals surface area contributed by atoms with E-state index in [0.717, 1.165) is 66.3 Å². The first-order valence-electron chi connectivity index (χ1n) is 11.7. The zero-order valence-electron chi connectivity index (χ0n) is 19.0. The number of para-hydroxylation sites is 1. The van der Waals surface area contributed by atoms with Crippen LogP contribution in [0, 0.1) is 5.82 Å². The molecular formula is C28H28FN3O2. The Morgan fingerprint density at radius 3 is 2.47 bits per heavy atom. The zero-order valence-corrected chi connectivity index (χ0v) is 19.0. The van der Waals surface area contributed by atoms with Crippen molar-refractivity contribution in [3.63, 3.8) is 0 Å². The van der Waals surface area contributed by atoms with Gasteiger partial charge in [-0.1, -0.05) is 30.3 Å². The standard InChI is InChI=1S/C28H28FN3O2/c29-22-9-7-21(8-10-22)28-25(24-3-1-2-4-26(24)31-28)13-14-27(33)30-23-11-5-20(6-12-23)19-32-15-17-34-18-16-32/h1-12,31H,13-19H2,(H,30,33). The summed E-state index contributed by atoms with van der Waals surface area (Å²) in [4.78, 5) is 18.6. The highest BCUT2D eigenvalue weighted by Gasteiger charge is 2.15. The fraction of sp³-hybridized carbons (Fsp3) is 0.250. The average molecular weight is 458 g/mol. The van der Waals surface area contributed by atoms with E-state index in [4.69, 9.17) is 4.74 Å². The molecule has 1 saturated heterocycles. The van der Waals surface area contributed by atoms with Crippen LogP contribution in [0.1, 0.15) is 17.5 Å². The molecule has 34 heavy (non-hydrogen) atoms. The molecule has 0 radical (unpaired) electrons. The fourth-order valence-corrected chi connectivity index (χ4v) is 4.50. The van der Waals surface area contributed by atoms with E-state index in [9.17, 15) is 9.18 Å². The number of nitrogens with one attached hydrogen (secondary N) is 2. The summed E-state index contributed by atoms with van der Waals surface area (Å²) in [6, 6.07) is 22.6. The average Bonchev–Trinajstić information content (AvgIpc) is 3.24. The molecule has 3 aromatic carbocycles. The molecule has 5 nitrogen and oxygen atoms in total. The van der Waals surface area contributed by atoms with Gasteiger partial charge in [0.2, 0.25) is 5.91 Å². The van der Waals surface area contributed by atoms with E-state index < -0.39 is 0 Å². The monoisotopic (exact) mass is 457 g/mol. The fourth-order valence-electron chi connectivity index (χ4n) is 4.50. The lowest BCUT2D eigenvalue weighted by Crippen LogP contribution is -2.35. The van der Waals surface area contributed by atoms with Crippen molar-refractivity contribution in [1.82, 2.24) is 9.88 Å². The minimum Gasteiger partial charge on any atom is -0.379 e. The number of hydrogen-bond acceptors (Lipinski definition) is 3. The maximum Gasteiger partial charge on any atom is 0.224 e. The molecule has 174 valence electrons. The van der Waals surface area contributed by atoms with Gasteiger partial charge >= 0.3 is 0 Å². The van der Waals surface area contributed by atoms with Gasteiger partial charge in [0.25, 0.3) is 0 Å². The lowest BCUT2D eigenvalue weighted by Gasteiger charge is -2.26. The number of fused-ring (bicyclic) bond motifs is 1. The second-order valence-corrected chi connectivity index (χ2v) is 8.66. The first-order chi connectivity index (χ1) is 16.7. The summed E-state index contributed by atoms with van der Waals surface area (Å²) >= 11 is 0. The number of anilines is 1. The topological polar surface area (TPSA) is 57.4 Å². The number of amides is 1. The molecule has 0 saturated carbocycles. The number of aryl methyl sites for hydroxylation is 1. The van der Waals surface area contributed by atoms with Gasteiger partial charge in [-0.15, -0.1) is 0 Å². The van der Waals surface area contributed by atoms with Crippen LogP contribution in [-0.2, 0) is 22.5 Å². The molecule has 0 bridgehead atoms. The van der Waals surface area contributed by atoms with E-state index in [-0.39, 0.29) is 11.7 Å². The quantitative estimate of drug-likeness (QED) is 0.392. The summed E-state index contributed by atoms with van der Waals surface area (Å²) in [6.07, 6.45) is 0.934. The van der Waals surface area contributed by atoms with Crippen LogP contribution in [0.3, 0.4) is 0 Å². The van der Waals surface area contributed by atoms with Crippen LogP contribution in [0.5, 0.6) is 0 Å². The number of carbonyl (C=O) groups excluding carboxylic acids is 1. The second-order valence-electron chi connectivity index (χ2n) is 8.66. The Morgan fingerprint density at radius 2 is 1.71 bits per heavy atom. The van der Waals surface area contributed by atoms with Crippen LogP contribution in [-0.4, -0.2) is 42.1 Å². The Labute approximate surface area is 198 Å². The molecular weight excluding hydrogens is 429 g/mol. The number of H-pyrrole nitrogens is 1. The number of aromatic amines is 1. The van der Waals surface area contributed by atoms with Gasteiger partial charge in [0.05, 0.1) is 13.2 Å². The summed E-state index contributed by atoms with van der Waals surface area (Å²) < 4.78 is 18.8. The molecule has 1 aromatic heterocycles. The van der Waals surface area contributed by atoms with E-state index in [2.05, 4.69) is 33.4 Å². The summed E-state index contributed by atoms with van der Waals surface area (Å²) in [5.41, 5.74) is 5.94. The van der Waals surface area contributed by atoms with E-state index in [1.54, 1.807) is 12.1 Å². The number of aromatic nitrogens is 1. The Hall–Kier alpha value is -3.48. The highest BCUT2D eigenvalue weighted by atomic mass is 19.1. The number of morpholine rings is 1. The molecule has 5 rings (SSSR count). The maximum absolute atomic E-state index is 13.4. The minimum absolute atomic E-state index is 0.0312. The van der Waals surface area contributed by atoms with Crippen LogP contribution >= 0.6 is 0 Å². The minimum atomic E-state index is -0.267. The van der Waals surface area contributed by atoms with Gasteiger partial charge in [0, 0.05) is 48.3 Å². The Bertz CT molecular complexity index is 1260. The van der Waals surface area contributed by atoms with Crippen molar-refractivity contribution >= 4 is 22.5 Å². The predicted molar refractivity (Wildman–Crippen MR) is 133 cm³/mol. The number of rotatable bonds is 7. The lowest BCUT2D eigenvalue weighted by atomic mass is 10.0. The van der Waals surface area contributed by atoms with E-state index in [0.29, 0.717) is 12.8 Å². The molecule has 1 amide bonds. The van der Waals surface area contributed by atoms with Crippen LogP contribution in [0.15, 0.2) is 72.8 Å². The number of carbonyl (C=O) groups is 1. The number of hydrogen-bond donors (Lipinski definition) is 2. The largest absolute Gasteiger partial charge is 0.379 e. The number of benzene rings is 3. The molecule has 6 heteroatoms. The molecule has 0 unspecified atom stereocenters. The molecule has 0 aliphatic carbocycles. The van der Waals surface area contributed by atoms with Crippen molar-refractivity contribution in [3.8, 4) is 11.3 Å². The maximum atomic E-state index is 13.4. The van der Waals surface area contributed by atoms with E-state index in [1.807, 2.05) is 30.3 Å². The van der Waals surface area contributed by atoms with Gasteiger partial charge in [-0.25, -0.2) is 4.39 Å². The number of nitrogens with zero attached hydrogens (tertiary/aromatic N) is 1. The molecule has 1 fully saturated rings. The summed E-state index contributed by atoms with van der Waals surface area (Å²) in [7, 11) is 0. The zero-order chi connectivity index (χ0) is 23.3. The Kier molecular flexibility index (Phi) is 6.70. The van der Waals surface area contributed by atoms with Crippen molar-refractivity contribution in [1.29, 1.82) is 0 Å². The number of halogens is 1. The molecule has 2 N–H and O–H groups in total. The number of ether oxygens (including phenoxy) is 1. The van der Waals surface area contributed by atoms with Crippen LogP contribution < -0.4 is 5.32 Å². The normalized spacial score (nSPS) is 14.4. The Balaban J connectivity index is 1.25. The molecule has 0 atom stereocenters. The molecule has 1 aliphatic heterocycles. The first-order valence-corrected chi connectivity index (χ1v) is 11.7. The van der Waals surface area contributed by atoms with Gasteiger partial charge in [0.15, 0.2) is 0 Å². The van der Waals surface area contributed by atoms with Gasteiger partial charge in [-0.3, -0.25) is 9.69 Å². The third-order valence-electron chi connectivity index (χ3n) is 6.30. The highest BCUT2D eigenvalue weighted by molar-refractivity contribution is 5.94. The molecule has 0 spiro atoms. The molecule has 4 aromatic rings. The van der Waals surface area contributed by atoms with E-state index >= 15 is 0 Å². The highest BCUT2D eigenvalue weighted by Crippen LogP contribution is 2.31. The van der Waals surface area contributed by atoms with Crippen LogP contribution in [0.2, 0.25) is 0 Å². The lowest BCUT2D eigenvalue weighted by molar-refractivity contribution is -0.116. The smallest absolute Gasteiger partial charge is 0.224 e. The second kappa shape index (κ2) is 10.2.